The minimum Gasteiger partial charge on any atom is -0.475 e. The molecule has 0 aromatic carbocycles. The Morgan fingerprint density at radius 2 is 2.35 bits per heavy atom. The van der Waals surface area contributed by atoms with Gasteiger partial charge in [-0.3, -0.25) is 4.79 Å². The van der Waals surface area contributed by atoms with Crippen LogP contribution in [-0.2, 0) is 11.3 Å². The average Bonchev–Trinajstić information content (AvgIpc) is 2.90. The first-order chi connectivity index (χ1) is 9.63. The molecule has 1 aliphatic rings. The van der Waals surface area contributed by atoms with E-state index in [4.69, 9.17) is 4.74 Å². The standard InChI is InChI=1S/C16H22N2O2/c1-12(2)20-16-8-7-14(11-18-16)10-17-15(19)9-13-5-3-4-6-13/h3,5,7-8,11-13H,4,6,9-10H2,1-2H3,(H,17,19)/t13-/m0/s1. The summed E-state index contributed by atoms with van der Waals surface area (Å²) < 4.78 is 5.48. The molecular formula is C16H22N2O2. The summed E-state index contributed by atoms with van der Waals surface area (Å²) in [5, 5.41) is 2.93. The van der Waals surface area contributed by atoms with Crippen molar-refractivity contribution in [3.63, 3.8) is 0 Å². The lowest BCUT2D eigenvalue weighted by Gasteiger charge is -2.10. The monoisotopic (exact) mass is 274 g/mol. The number of nitrogens with one attached hydrogen (secondary N) is 1. The Balaban J connectivity index is 1.75. The highest BCUT2D eigenvalue weighted by atomic mass is 16.5. The van der Waals surface area contributed by atoms with Crippen LogP contribution in [0.25, 0.3) is 0 Å². The van der Waals surface area contributed by atoms with Gasteiger partial charge in [0.2, 0.25) is 11.8 Å². The Labute approximate surface area is 120 Å². The molecule has 0 saturated carbocycles. The van der Waals surface area contributed by atoms with Crippen LogP contribution in [0, 0.1) is 5.92 Å². The summed E-state index contributed by atoms with van der Waals surface area (Å²) >= 11 is 0. The molecule has 1 atom stereocenters. The molecule has 1 aromatic rings. The van der Waals surface area contributed by atoms with E-state index < -0.39 is 0 Å². The molecule has 1 heterocycles. The molecule has 1 N–H and O–H groups in total. The summed E-state index contributed by atoms with van der Waals surface area (Å²) in [5.74, 6) is 1.13. The molecule has 1 aromatic heterocycles. The van der Waals surface area contributed by atoms with Gasteiger partial charge in [-0.1, -0.05) is 18.2 Å². The second-order valence-corrected chi connectivity index (χ2v) is 5.42. The Morgan fingerprint density at radius 1 is 1.50 bits per heavy atom. The third-order valence-electron chi connectivity index (χ3n) is 3.20. The van der Waals surface area contributed by atoms with Crippen molar-refractivity contribution in [1.29, 1.82) is 0 Å². The van der Waals surface area contributed by atoms with E-state index in [-0.39, 0.29) is 12.0 Å². The van der Waals surface area contributed by atoms with Gasteiger partial charge in [-0.05, 0) is 38.2 Å². The van der Waals surface area contributed by atoms with E-state index in [0.717, 1.165) is 18.4 Å². The summed E-state index contributed by atoms with van der Waals surface area (Å²) in [4.78, 5) is 16.0. The molecular weight excluding hydrogens is 252 g/mol. The van der Waals surface area contributed by atoms with Crippen molar-refractivity contribution in [2.24, 2.45) is 5.92 Å². The number of amides is 1. The van der Waals surface area contributed by atoms with E-state index >= 15 is 0 Å². The number of hydrogen-bond donors (Lipinski definition) is 1. The lowest BCUT2D eigenvalue weighted by atomic mass is 10.1. The molecule has 1 aliphatic carbocycles. The van der Waals surface area contributed by atoms with Crippen LogP contribution in [0.5, 0.6) is 5.88 Å². The molecule has 0 radical (unpaired) electrons. The predicted octanol–water partition coefficient (Wildman–Crippen LogP) is 2.84. The van der Waals surface area contributed by atoms with Crippen LogP contribution in [0.15, 0.2) is 30.5 Å². The maximum Gasteiger partial charge on any atom is 0.220 e. The van der Waals surface area contributed by atoms with E-state index in [0.29, 0.717) is 24.8 Å². The fourth-order valence-corrected chi connectivity index (χ4v) is 2.20. The van der Waals surface area contributed by atoms with Gasteiger partial charge in [0, 0.05) is 25.2 Å². The molecule has 4 heteroatoms. The number of ether oxygens (including phenoxy) is 1. The highest BCUT2D eigenvalue weighted by molar-refractivity contribution is 5.76. The van der Waals surface area contributed by atoms with Crippen LogP contribution >= 0.6 is 0 Å². The van der Waals surface area contributed by atoms with Crippen LogP contribution in [-0.4, -0.2) is 17.0 Å². The van der Waals surface area contributed by atoms with Crippen LogP contribution in [0.1, 0.15) is 38.7 Å². The van der Waals surface area contributed by atoms with Crippen molar-refractivity contribution in [1.82, 2.24) is 10.3 Å². The minimum atomic E-state index is 0.101. The fraction of sp³-hybridized carbons (Fsp3) is 0.500. The van der Waals surface area contributed by atoms with Gasteiger partial charge in [-0.2, -0.15) is 0 Å². The average molecular weight is 274 g/mol. The number of pyridine rings is 1. The molecule has 0 saturated heterocycles. The van der Waals surface area contributed by atoms with Crippen molar-refractivity contribution in [3.8, 4) is 5.88 Å². The molecule has 4 nitrogen and oxygen atoms in total. The molecule has 20 heavy (non-hydrogen) atoms. The molecule has 108 valence electrons. The normalized spacial score (nSPS) is 17.4. The largest absolute Gasteiger partial charge is 0.475 e. The first-order valence-electron chi connectivity index (χ1n) is 7.18. The Hall–Kier alpha value is -1.84. The molecule has 0 unspecified atom stereocenters. The van der Waals surface area contributed by atoms with Crippen molar-refractivity contribution in [3.05, 3.63) is 36.0 Å². The molecule has 0 spiro atoms. The number of hydrogen-bond acceptors (Lipinski definition) is 3. The predicted molar refractivity (Wildman–Crippen MR) is 78.3 cm³/mol. The molecule has 0 bridgehead atoms. The number of aromatic nitrogens is 1. The Bertz CT molecular complexity index is 466. The fourth-order valence-electron chi connectivity index (χ4n) is 2.20. The first-order valence-corrected chi connectivity index (χ1v) is 7.18. The van der Waals surface area contributed by atoms with E-state index in [1.165, 1.54) is 0 Å². The van der Waals surface area contributed by atoms with Gasteiger partial charge in [0.05, 0.1) is 6.10 Å². The van der Waals surface area contributed by atoms with Gasteiger partial charge in [-0.25, -0.2) is 4.98 Å². The summed E-state index contributed by atoms with van der Waals surface area (Å²) in [7, 11) is 0. The number of carbonyl (C=O) groups is 1. The van der Waals surface area contributed by atoms with Gasteiger partial charge in [-0.15, -0.1) is 0 Å². The third kappa shape index (κ3) is 4.68. The highest BCUT2D eigenvalue weighted by Crippen LogP contribution is 2.20. The quantitative estimate of drug-likeness (QED) is 0.812. The topological polar surface area (TPSA) is 51.2 Å². The van der Waals surface area contributed by atoms with Crippen molar-refractivity contribution in [2.75, 3.05) is 0 Å². The van der Waals surface area contributed by atoms with Crippen molar-refractivity contribution < 1.29 is 9.53 Å². The highest BCUT2D eigenvalue weighted by Gasteiger charge is 2.13. The third-order valence-corrected chi connectivity index (χ3v) is 3.20. The molecule has 1 amide bonds. The zero-order valence-corrected chi connectivity index (χ0v) is 12.1. The lowest BCUT2D eigenvalue weighted by Crippen LogP contribution is -2.24. The Morgan fingerprint density at radius 3 is 2.95 bits per heavy atom. The van der Waals surface area contributed by atoms with Gasteiger partial charge in [0.1, 0.15) is 0 Å². The van der Waals surface area contributed by atoms with Crippen LogP contribution in [0.4, 0.5) is 0 Å². The minimum absolute atomic E-state index is 0.101. The van der Waals surface area contributed by atoms with E-state index in [1.54, 1.807) is 6.20 Å². The smallest absolute Gasteiger partial charge is 0.220 e. The number of carbonyl (C=O) groups excluding carboxylic acids is 1. The van der Waals surface area contributed by atoms with Gasteiger partial charge < -0.3 is 10.1 Å². The zero-order valence-electron chi connectivity index (χ0n) is 12.1. The second kappa shape index (κ2) is 7.08. The van der Waals surface area contributed by atoms with Gasteiger partial charge in [0.15, 0.2) is 0 Å². The zero-order chi connectivity index (χ0) is 14.4. The van der Waals surface area contributed by atoms with Crippen LogP contribution in [0.3, 0.4) is 0 Å². The summed E-state index contributed by atoms with van der Waals surface area (Å²) in [6.45, 7) is 4.45. The van der Waals surface area contributed by atoms with E-state index in [1.807, 2.05) is 26.0 Å². The second-order valence-electron chi connectivity index (χ2n) is 5.42. The first kappa shape index (κ1) is 14.6. The summed E-state index contributed by atoms with van der Waals surface area (Å²) in [6, 6.07) is 3.77. The van der Waals surface area contributed by atoms with Crippen molar-refractivity contribution >= 4 is 5.91 Å². The van der Waals surface area contributed by atoms with E-state index in [9.17, 15) is 4.79 Å². The van der Waals surface area contributed by atoms with Gasteiger partial charge >= 0.3 is 0 Å². The maximum atomic E-state index is 11.8. The number of rotatable bonds is 6. The SMILES string of the molecule is CC(C)Oc1ccc(CNC(=O)C[C@H]2C=CCC2)cn1. The lowest BCUT2D eigenvalue weighted by molar-refractivity contribution is -0.121. The van der Waals surface area contributed by atoms with Crippen LogP contribution in [0.2, 0.25) is 0 Å². The summed E-state index contributed by atoms with van der Waals surface area (Å²) in [6.07, 6.45) is 8.92. The number of allylic oxidation sites excluding steroid dienone is 2. The molecule has 0 aliphatic heterocycles. The van der Waals surface area contributed by atoms with Crippen molar-refractivity contribution in [2.45, 2.75) is 45.8 Å². The van der Waals surface area contributed by atoms with Gasteiger partial charge in [0.25, 0.3) is 0 Å². The van der Waals surface area contributed by atoms with E-state index in [2.05, 4.69) is 22.5 Å². The Kier molecular flexibility index (Phi) is 5.16. The summed E-state index contributed by atoms with van der Waals surface area (Å²) in [5.41, 5.74) is 0.983. The molecule has 0 fully saturated rings. The number of nitrogens with zero attached hydrogens (tertiary/aromatic N) is 1. The maximum absolute atomic E-state index is 11.8. The molecule has 2 rings (SSSR count). The van der Waals surface area contributed by atoms with Crippen LogP contribution < -0.4 is 10.1 Å².